The quantitative estimate of drug-likeness (QED) is 0.265. The number of pyridine rings is 2. The number of aryl methyl sites for hydroxylation is 1. The van der Waals surface area contributed by atoms with Gasteiger partial charge in [0.1, 0.15) is 11.2 Å². The van der Waals surface area contributed by atoms with E-state index in [2.05, 4.69) is 21.5 Å². The zero-order chi connectivity index (χ0) is 25.8. The van der Waals surface area contributed by atoms with E-state index in [4.69, 9.17) is 14.7 Å². The van der Waals surface area contributed by atoms with Crippen LogP contribution in [0.3, 0.4) is 0 Å². The molecule has 0 amide bonds. The molecule has 0 aromatic carbocycles. The van der Waals surface area contributed by atoms with Gasteiger partial charge < -0.3 is 14.5 Å². The molecule has 188 valence electrons. The smallest absolute Gasteiger partial charge is 0.274 e. The SMILES string of the molecule is C=CCCn1cc(-c2cc(C3(S(C)(=N)=O)CCC3)nc(-c3ccnc4[nH]ccc34)n2)c2cc[nH]c2c1=O. The molecule has 0 aliphatic heterocycles. The van der Waals surface area contributed by atoms with Gasteiger partial charge in [-0.25, -0.2) is 19.2 Å². The fourth-order valence-corrected chi connectivity index (χ4v) is 6.81. The fraction of sp³-hybridized carbons (Fsp3) is 0.259. The summed E-state index contributed by atoms with van der Waals surface area (Å²) in [6, 6.07) is 7.53. The van der Waals surface area contributed by atoms with Crippen molar-refractivity contribution in [3.8, 4) is 22.6 Å². The van der Waals surface area contributed by atoms with Gasteiger partial charge in [0.05, 0.1) is 25.9 Å². The van der Waals surface area contributed by atoms with Gasteiger partial charge in [-0.15, -0.1) is 6.58 Å². The molecule has 5 aromatic rings. The molecule has 1 aliphatic carbocycles. The van der Waals surface area contributed by atoms with Crippen molar-refractivity contribution in [2.75, 3.05) is 6.26 Å². The molecule has 37 heavy (non-hydrogen) atoms. The zero-order valence-electron chi connectivity index (χ0n) is 20.5. The van der Waals surface area contributed by atoms with Crippen LogP contribution in [0.15, 0.2) is 66.5 Å². The second-order valence-corrected chi connectivity index (χ2v) is 12.1. The highest BCUT2D eigenvalue weighted by molar-refractivity contribution is 7.92. The third kappa shape index (κ3) is 3.62. The third-order valence-electron chi connectivity index (χ3n) is 7.45. The first-order chi connectivity index (χ1) is 17.8. The van der Waals surface area contributed by atoms with E-state index in [9.17, 15) is 9.00 Å². The molecule has 6 rings (SSSR count). The predicted molar refractivity (Wildman–Crippen MR) is 146 cm³/mol. The van der Waals surface area contributed by atoms with Gasteiger partial charge in [-0.1, -0.05) is 6.08 Å². The minimum absolute atomic E-state index is 0.110. The number of nitrogens with zero attached hydrogens (tertiary/aromatic N) is 4. The van der Waals surface area contributed by atoms with Gasteiger partial charge in [0.15, 0.2) is 5.82 Å². The summed E-state index contributed by atoms with van der Waals surface area (Å²) in [6.07, 6.45) is 13.2. The Morgan fingerprint density at radius 3 is 2.68 bits per heavy atom. The van der Waals surface area contributed by atoms with Gasteiger partial charge in [-0.05, 0) is 49.9 Å². The highest BCUT2D eigenvalue weighted by Gasteiger charge is 2.47. The van der Waals surface area contributed by atoms with Crippen molar-refractivity contribution in [3.63, 3.8) is 0 Å². The Morgan fingerprint density at radius 1 is 1.16 bits per heavy atom. The average molecular weight is 514 g/mol. The van der Waals surface area contributed by atoms with Crippen molar-refractivity contribution in [2.24, 2.45) is 0 Å². The van der Waals surface area contributed by atoms with Gasteiger partial charge in [0.2, 0.25) is 0 Å². The molecule has 0 saturated heterocycles. The normalized spacial score (nSPS) is 16.5. The van der Waals surface area contributed by atoms with E-state index < -0.39 is 14.5 Å². The maximum Gasteiger partial charge on any atom is 0.274 e. The molecular formula is C27H27N7O2S. The Hall–Kier alpha value is -4.05. The van der Waals surface area contributed by atoms with E-state index in [0.29, 0.717) is 48.5 Å². The molecule has 10 heteroatoms. The largest absolute Gasteiger partial charge is 0.357 e. The lowest BCUT2D eigenvalue weighted by atomic mass is 9.81. The summed E-state index contributed by atoms with van der Waals surface area (Å²) >= 11 is 0. The predicted octanol–water partition coefficient (Wildman–Crippen LogP) is 4.96. The monoisotopic (exact) mass is 513 g/mol. The molecular weight excluding hydrogens is 486 g/mol. The lowest BCUT2D eigenvalue weighted by Crippen LogP contribution is -2.42. The minimum atomic E-state index is -2.95. The minimum Gasteiger partial charge on any atom is -0.357 e. The van der Waals surface area contributed by atoms with Crippen LogP contribution < -0.4 is 5.56 Å². The molecule has 0 bridgehead atoms. The first-order valence-electron chi connectivity index (χ1n) is 12.2. The molecule has 1 aliphatic rings. The van der Waals surface area contributed by atoms with Crippen molar-refractivity contribution in [3.05, 3.63) is 77.8 Å². The van der Waals surface area contributed by atoms with Crippen LogP contribution in [0.5, 0.6) is 0 Å². The summed E-state index contributed by atoms with van der Waals surface area (Å²) in [5, 5.41) is 1.63. The molecule has 1 atom stereocenters. The summed E-state index contributed by atoms with van der Waals surface area (Å²) in [7, 11) is -2.95. The molecule has 0 radical (unpaired) electrons. The van der Waals surface area contributed by atoms with Crippen LogP contribution in [0, 0.1) is 4.78 Å². The van der Waals surface area contributed by atoms with Crippen molar-refractivity contribution < 1.29 is 4.21 Å². The maximum atomic E-state index is 13.3. The van der Waals surface area contributed by atoms with Crippen molar-refractivity contribution in [1.29, 1.82) is 4.78 Å². The molecule has 0 spiro atoms. The molecule has 1 fully saturated rings. The van der Waals surface area contributed by atoms with Crippen LogP contribution in [0.25, 0.3) is 44.6 Å². The van der Waals surface area contributed by atoms with Crippen molar-refractivity contribution in [2.45, 2.75) is 37.0 Å². The number of rotatable bonds is 7. The number of nitrogens with one attached hydrogen (secondary N) is 3. The lowest BCUT2D eigenvalue weighted by Gasteiger charge is -2.41. The van der Waals surface area contributed by atoms with Crippen LogP contribution in [0.2, 0.25) is 0 Å². The molecule has 1 unspecified atom stereocenters. The van der Waals surface area contributed by atoms with E-state index in [1.807, 2.05) is 36.7 Å². The summed E-state index contributed by atoms with van der Waals surface area (Å²) in [5.74, 6) is 0.474. The summed E-state index contributed by atoms with van der Waals surface area (Å²) < 4.78 is 22.7. The van der Waals surface area contributed by atoms with Crippen LogP contribution in [0.4, 0.5) is 0 Å². The molecule has 5 aromatic heterocycles. The van der Waals surface area contributed by atoms with E-state index >= 15 is 0 Å². The van der Waals surface area contributed by atoms with Gasteiger partial charge in [0, 0.05) is 59.5 Å². The van der Waals surface area contributed by atoms with E-state index in [1.54, 1.807) is 23.0 Å². The van der Waals surface area contributed by atoms with Crippen LogP contribution in [-0.4, -0.2) is 40.0 Å². The van der Waals surface area contributed by atoms with E-state index in [0.717, 1.165) is 34.0 Å². The summed E-state index contributed by atoms with van der Waals surface area (Å²) in [6.45, 7) is 4.27. The van der Waals surface area contributed by atoms with Crippen LogP contribution in [0.1, 0.15) is 31.4 Å². The highest BCUT2D eigenvalue weighted by Crippen LogP contribution is 2.48. The Labute approximate surface area is 213 Å². The Bertz CT molecular complexity index is 1840. The van der Waals surface area contributed by atoms with E-state index in [-0.39, 0.29) is 5.56 Å². The zero-order valence-corrected chi connectivity index (χ0v) is 21.3. The van der Waals surface area contributed by atoms with Gasteiger partial charge in [-0.3, -0.25) is 9.57 Å². The van der Waals surface area contributed by atoms with Crippen LogP contribution >= 0.6 is 0 Å². The summed E-state index contributed by atoms with van der Waals surface area (Å²) in [5.41, 5.74) is 3.89. The number of H-pyrrole nitrogens is 2. The van der Waals surface area contributed by atoms with Crippen LogP contribution in [-0.2, 0) is 21.0 Å². The second-order valence-electron chi connectivity index (χ2n) is 9.64. The standard InChI is InChI=1S/C27H27N7O2S/c1-3-4-14-34-16-20(17-6-11-29-23(17)26(34)35)21-15-22(27(9-5-10-27)37(2,28)36)33-25(32-21)19-8-13-31-24-18(19)7-12-30-24/h3,6-8,11-13,15-16,28-29H,1,4-5,9-10,14H2,2H3,(H,30,31). The molecule has 9 nitrogen and oxygen atoms in total. The number of aromatic amines is 2. The third-order valence-corrected chi connectivity index (χ3v) is 9.56. The van der Waals surface area contributed by atoms with Gasteiger partial charge >= 0.3 is 0 Å². The Kier molecular flexibility index (Phi) is 5.38. The topological polar surface area (TPSA) is 133 Å². The molecule has 3 N–H and O–H groups in total. The molecule has 1 saturated carbocycles. The average Bonchev–Trinajstić information content (AvgIpc) is 3.52. The Morgan fingerprint density at radius 2 is 1.95 bits per heavy atom. The number of hydrogen-bond donors (Lipinski definition) is 3. The first kappa shape index (κ1) is 23.4. The molecule has 5 heterocycles. The number of allylic oxidation sites excluding steroid dienone is 1. The van der Waals surface area contributed by atoms with E-state index in [1.165, 1.54) is 6.26 Å². The lowest BCUT2D eigenvalue weighted by molar-refractivity contribution is 0.350. The summed E-state index contributed by atoms with van der Waals surface area (Å²) in [4.78, 5) is 33.6. The first-order valence-corrected chi connectivity index (χ1v) is 14.2. The van der Waals surface area contributed by atoms with Crippen molar-refractivity contribution >= 4 is 31.7 Å². The number of aromatic nitrogens is 6. The Balaban J connectivity index is 1.66. The maximum absolute atomic E-state index is 13.3. The van der Waals surface area contributed by atoms with Gasteiger partial charge in [-0.2, -0.15) is 0 Å². The van der Waals surface area contributed by atoms with Crippen molar-refractivity contribution in [1.82, 2.24) is 29.5 Å². The fourth-order valence-electron chi connectivity index (χ4n) is 5.24. The highest BCUT2D eigenvalue weighted by atomic mass is 32.2. The van der Waals surface area contributed by atoms with Gasteiger partial charge in [0.25, 0.3) is 5.56 Å². The number of hydrogen-bond acceptors (Lipinski definition) is 6. The second kappa shape index (κ2) is 8.52. The number of fused-ring (bicyclic) bond motifs is 2.